The highest BCUT2D eigenvalue weighted by Gasteiger charge is 2.21. The zero-order valence-electron chi connectivity index (χ0n) is 11.6. The van der Waals surface area contributed by atoms with Gasteiger partial charge in [0.1, 0.15) is 6.54 Å². The van der Waals surface area contributed by atoms with Crippen LogP contribution in [-0.4, -0.2) is 37.0 Å². The van der Waals surface area contributed by atoms with Gasteiger partial charge in [-0.1, -0.05) is 19.1 Å². The Bertz CT molecular complexity index is 452. The predicted molar refractivity (Wildman–Crippen MR) is 73.8 cm³/mol. The number of anilines is 1. The topological polar surface area (TPSA) is 72.6 Å². The van der Waals surface area contributed by atoms with E-state index in [2.05, 4.69) is 4.74 Å². The first-order valence-electron chi connectivity index (χ1n) is 6.22. The van der Waals surface area contributed by atoms with Gasteiger partial charge < -0.3 is 15.4 Å². The van der Waals surface area contributed by atoms with E-state index in [9.17, 15) is 9.59 Å². The molecular formula is C14H20N2O3. The molecule has 0 bridgehead atoms. The number of nitrogens with zero attached hydrogens (tertiary/aromatic N) is 1. The Morgan fingerprint density at radius 2 is 2.05 bits per heavy atom. The number of esters is 1. The average molecular weight is 264 g/mol. The number of benzene rings is 1. The Balaban J connectivity index is 3.02. The van der Waals surface area contributed by atoms with E-state index in [0.29, 0.717) is 17.8 Å². The summed E-state index contributed by atoms with van der Waals surface area (Å²) in [6, 6.07) is 5.31. The lowest BCUT2D eigenvalue weighted by Crippen LogP contribution is -2.37. The smallest absolute Gasteiger partial charge is 0.325 e. The quantitative estimate of drug-likeness (QED) is 0.647. The molecule has 1 aromatic rings. The molecule has 0 aromatic heterocycles. The molecule has 0 heterocycles. The van der Waals surface area contributed by atoms with Crippen LogP contribution < -0.4 is 5.73 Å². The molecule has 0 unspecified atom stereocenters. The third-order valence-corrected chi connectivity index (χ3v) is 2.85. The predicted octanol–water partition coefficient (Wildman–Crippen LogP) is 1.60. The normalized spacial score (nSPS) is 10.1. The van der Waals surface area contributed by atoms with E-state index in [-0.39, 0.29) is 12.5 Å². The Morgan fingerprint density at radius 3 is 2.58 bits per heavy atom. The number of carbonyl (C=O) groups excluding carboxylic acids is 2. The summed E-state index contributed by atoms with van der Waals surface area (Å²) in [5.41, 5.74) is 7.54. The van der Waals surface area contributed by atoms with Crippen LogP contribution in [0.15, 0.2) is 18.2 Å². The fourth-order valence-corrected chi connectivity index (χ4v) is 1.88. The number of amides is 1. The van der Waals surface area contributed by atoms with Crippen LogP contribution in [0, 0.1) is 6.92 Å². The zero-order chi connectivity index (χ0) is 14.4. The molecule has 2 N–H and O–H groups in total. The lowest BCUT2D eigenvalue weighted by atomic mass is 10.1. The number of nitrogens with two attached hydrogens (primary N) is 1. The molecule has 1 rings (SSSR count). The molecule has 0 aliphatic heterocycles. The van der Waals surface area contributed by atoms with Gasteiger partial charge in [0.2, 0.25) is 0 Å². The highest BCUT2D eigenvalue weighted by atomic mass is 16.5. The second-order valence-electron chi connectivity index (χ2n) is 4.34. The van der Waals surface area contributed by atoms with Crippen molar-refractivity contribution in [2.45, 2.75) is 20.3 Å². The van der Waals surface area contributed by atoms with Crippen molar-refractivity contribution < 1.29 is 14.3 Å². The molecule has 0 fully saturated rings. The number of aryl methyl sites for hydroxylation is 1. The van der Waals surface area contributed by atoms with Gasteiger partial charge in [0.05, 0.1) is 12.7 Å². The van der Waals surface area contributed by atoms with Gasteiger partial charge in [-0.3, -0.25) is 9.59 Å². The molecule has 0 radical (unpaired) electrons. The van der Waals surface area contributed by atoms with Gasteiger partial charge in [-0.25, -0.2) is 0 Å². The summed E-state index contributed by atoms with van der Waals surface area (Å²) >= 11 is 0. The molecule has 0 spiro atoms. The number of ether oxygens (including phenoxy) is 1. The number of carbonyl (C=O) groups is 2. The summed E-state index contributed by atoms with van der Waals surface area (Å²) in [5.74, 6) is -0.670. The van der Waals surface area contributed by atoms with Crippen molar-refractivity contribution in [2.75, 3.05) is 25.9 Å². The highest BCUT2D eigenvalue weighted by molar-refractivity contribution is 6.01. The van der Waals surface area contributed by atoms with Crippen LogP contribution in [-0.2, 0) is 9.53 Å². The largest absolute Gasteiger partial charge is 0.468 e. The number of rotatable bonds is 5. The van der Waals surface area contributed by atoms with Crippen LogP contribution in [0.3, 0.4) is 0 Å². The van der Waals surface area contributed by atoms with Crippen molar-refractivity contribution in [3.05, 3.63) is 29.3 Å². The SMILES string of the molecule is CCCN(CC(=O)OC)C(=O)c1c(C)cccc1N. The molecule has 0 aliphatic rings. The Kier molecular flexibility index (Phi) is 5.36. The Hall–Kier alpha value is -2.04. The first kappa shape index (κ1) is 15.0. The molecule has 5 nitrogen and oxygen atoms in total. The molecule has 0 saturated heterocycles. The van der Waals surface area contributed by atoms with Gasteiger partial charge in [-0.15, -0.1) is 0 Å². The molecule has 19 heavy (non-hydrogen) atoms. The van der Waals surface area contributed by atoms with E-state index in [0.717, 1.165) is 12.0 Å². The van der Waals surface area contributed by atoms with Crippen molar-refractivity contribution in [1.29, 1.82) is 0 Å². The summed E-state index contributed by atoms with van der Waals surface area (Å²) < 4.78 is 4.61. The third-order valence-electron chi connectivity index (χ3n) is 2.85. The molecule has 5 heteroatoms. The molecule has 1 aromatic carbocycles. The minimum absolute atomic E-state index is 0.0586. The van der Waals surface area contributed by atoms with Crippen molar-refractivity contribution in [3.63, 3.8) is 0 Å². The van der Waals surface area contributed by atoms with Gasteiger partial charge in [-0.05, 0) is 25.0 Å². The molecule has 104 valence electrons. The summed E-state index contributed by atoms with van der Waals surface area (Å²) in [7, 11) is 1.30. The maximum Gasteiger partial charge on any atom is 0.325 e. The van der Waals surface area contributed by atoms with Crippen LogP contribution in [0.2, 0.25) is 0 Å². The summed E-state index contributed by atoms with van der Waals surface area (Å²) in [6.07, 6.45) is 0.758. The summed E-state index contributed by atoms with van der Waals surface area (Å²) in [6.45, 7) is 4.20. The number of nitrogen functional groups attached to an aromatic ring is 1. The number of hydrogen-bond acceptors (Lipinski definition) is 4. The average Bonchev–Trinajstić information content (AvgIpc) is 2.37. The Labute approximate surface area is 113 Å². The van der Waals surface area contributed by atoms with Crippen LogP contribution in [0.4, 0.5) is 5.69 Å². The fourth-order valence-electron chi connectivity index (χ4n) is 1.88. The third kappa shape index (κ3) is 3.71. The van der Waals surface area contributed by atoms with Crippen LogP contribution in [0.25, 0.3) is 0 Å². The van der Waals surface area contributed by atoms with Gasteiger partial charge in [0.15, 0.2) is 0 Å². The molecule has 0 atom stereocenters. The monoisotopic (exact) mass is 264 g/mol. The highest BCUT2D eigenvalue weighted by Crippen LogP contribution is 2.18. The lowest BCUT2D eigenvalue weighted by molar-refractivity contribution is -0.141. The maximum atomic E-state index is 12.5. The van der Waals surface area contributed by atoms with Crippen molar-refractivity contribution >= 4 is 17.6 Å². The summed E-state index contributed by atoms with van der Waals surface area (Å²) in [5, 5.41) is 0. The zero-order valence-corrected chi connectivity index (χ0v) is 11.6. The second-order valence-corrected chi connectivity index (χ2v) is 4.34. The number of methoxy groups -OCH3 is 1. The Morgan fingerprint density at radius 1 is 1.37 bits per heavy atom. The molecule has 0 aliphatic carbocycles. The number of hydrogen-bond donors (Lipinski definition) is 1. The molecular weight excluding hydrogens is 244 g/mol. The van der Waals surface area contributed by atoms with E-state index in [1.807, 2.05) is 19.9 Å². The van der Waals surface area contributed by atoms with Gasteiger partial charge in [0.25, 0.3) is 5.91 Å². The van der Waals surface area contributed by atoms with E-state index in [4.69, 9.17) is 5.73 Å². The molecule has 0 saturated carbocycles. The van der Waals surface area contributed by atoms with Crippen LogP contribution in [0.5, 0.6) is 0 Å². The standard InChI is InChI=1S/C14H20N2O3/c1-4-8-16(9-12(17)19-3)14(18)13-10(2)6-5-7-11(13)15/h5-7H,4,8-9,15H2,1-3H3. The first-order valence-corrected chi connectivity index (χ1v) is 6.22. The minimum atomic E-state index is -0.436. The van der Waals surface area contributed by atoms with Crippen molar-refractivity contribution in [1.82, 2.24) is 4.90 Å². The summed E-state index contributed by atoms with van der Waals surface area (Å²) in [4.78, 5) is 25.3. The van der Waals surface area contributed by atoms with Crippen LogP contribution >= 0.6 is 0 Å². The molecule has 1 amide bonds. The van der Waals surface area contributed by atoms with Crippen molar-refractivity contribution in [2.24, 2.45) is 0 Å². The van der Waals surface area contributed by atoms with Gasteiger partial charge >= 0.3 is 5.97 Å². The van der Waals surface area contributed by atoms with E-state index < -0.39 is 5.97 Å². The van der Waals surface area contributed by atoms with Crippen LogP contribution in [0.1, 0.15) is 29.3 Å². The first-order chi connectivity index (χ1) is 9.01. The maximum absolute atomic E-state index is 12.5. The van der Waals surface area contributed by atoms with E-state index in [1.165, 1.54) is 12.0 Å². The van der Waals surface area contributed by atoms with Crippen molar-refractivity contribution in [3.8, 4) is 0 Å². The van der Waals surface area contributed by atoms with E-state index in [1.54, 1.807) is 12.1 Å². The lowest BCUT2D eigenvalue weighted by Gasteiger charge is -2.22. The fraction of sp³-hybridized carbons (Fsp3) is 0.429. The second kappa shape index (κ2) is 6.78. The van der Waals surface area contributed by atoms with Gasteiger partial charge in [0, 0.05) is 12.2 Å². The van der Waals surface area contributed by atoms with E-state index >= 15 is 0 Å². The van der Waals surface area contributed by atoms with Gasteiger partial charge in [-0.2, -0.15) is 0 Å². The minimum Gasteiger partial charge on any atom is -0.468 e.